The molecule has 6 heteroatoms. The maximum Gasteiger partial charge on any atom is 0.261 e. The van der Waals surface area contributed by atoms with Crippen molar-refractivity contribution < 1.29 is 18.8 Å². The number of hydrogen-bond acceptors (Lipinski definition) is 4. The number of rotatable bonds is 4. The third-order valence-corrected chi connectivity index (χ3v) is 6.36. The van der Waals surface area contributed by atoms with Crippen LogP contribution in [0.2, 0.25) is 0 Å². The highest BCUT2D eigenvalue weighted by Gasteiger charge is 2.38. The van der Waals surface area contributed by atoms with Crippen LogP contribution in [0.4, 0.5) is 0 Å². The summed E-state index contributed by atoms with van der Waals surface area (Å²) in [4.78, 5) is 41.8. The third kappa shape index (κ3) is 3.24. The number of fused-ring (bicyclic) bond motifs is 1. The lowest BCUT2D eigenvalue weighted by molar-refractivity contribution is 0.0631. The summed E-state index contributed by atoms with van der Waals surface area (Å²) in [5.41, 5.74) is 2.26. The van der Waals surface area contributed by atoms with Crippen LogP contribution in [-0.2, 0) is 6.54 Å². The van der Waals surface area contributed by atoms with Crippen molar-refractivity contribution in [1.29, 1.82) is 0 Å². The first kappa shape index (κ1) is 19.3. The highest BCUT2D eigenvalue weighted by Crippen LogP contribution is 2.34. The van der Waals surface area contributed by atoms with Crippen LogP contribution in [0.1, 0.15) is 61.7 Å². The zero-order valence-electron chi connectivity index (χ0n) is 17.2. The number of carbonyl (C=O) groups is 3. The first-order valence-corrected chi connectivity index (χ1v) is 10.4. The quantitative estimate of drug-likeness (QED) is 0.603. The molecular formula is C25H22N2O4. The van der Waals surface area contributed by atoms with Gasteiger partial charge >= 0.3 is 0 Å². The van der Waals surface area contributed by atoms with Crippen molar-refractivity contribution in [2.75, 3.05) is 6.54 Å². The molecule has 156 valence electrons. The van der Waals surface area contributed by atoms with Crippen LogP contribution in [0.5, 0.6) is 0 Å². The molecule has 3 aromatic rings. The van der Waals surface area contributed by atoms with Crippen LogP contribution >= 0.6 is 0 Å². The molecule has 1 saturated heterocycles. The molecular weight excluding hydrogens is 392 g/mol. The normalized spacial score (nSPS) is 20.4. The zero-order chi connectivity index (χ0) is 21.5. The smallest absolute Gasteiger partial charge is 0.261 e. The van der Waals surface area contributed by atoms with Crippen molar-refractivity contribution in [3.05, 3.63) is 94.9 Å². The van der Waals surface area contributed by atoms with E-state index in [1.54, 1.807) is 30.3 Å². The number of carbonyl (C=O) groups excluding carboxylic acids is 3. The molecule has 5 rings (SSSR count). The summed E-state index contributed by atoms with van der Waals surface area (Å²) in [5, 5.41) is 0. The standard InChI is InChI=1S/C25H22N2O4/c1-16-20(17-6-3-2-4-7-17)11-12-26(16)23(28)18-9-10-21-22(14-18)25(30)27(24(21)29)15-19-8-5-13-31-19/h2-10,13-14,16,20H,11-12,15H2,1H3/t16-,20+/m1/s1. The summed E-state index contributed by atoms with van der Waals surface area (Å²) in [6.07, 6.45) is 2.40. The van der Waals surface area contributed by atoms with E-state index in [1.807, 2.05) is 23.1 Å². The molecule has 0 radical (unpaired) electrons. The number of benzene rings is 2. The van der Waals surface area contributed by atoms with Gasteiger partial charge in [-0.25, -0.2) is 0 Å². The van der Waals surface area contributed by atoms with E-state index in [0.717, 1.165) is 11.3 Å². The molecule has 2 atom stereocenters. The largest absolute Gasteiger partial charge is 0.467 e. The van der Waals surface area contributed by atoms with Gasteiger partial charge in [-0.3, -0.25) is 19.3 Å². The Balaban J connectivity index is 1.37. The van der Waals surface area contributed by atoms with Crippen molar-refractivity contribution in [2.24, 2.45) is 0 Å². The Bertz CT molecular complexity index is 1150. The molecule has 3 heterocycles. The van der Waals surface area contributed by atoms with Crippen LogP contribution in [0.15, 0.2) is 71.3 Å². The molecule has 0 unspecified atom stereocenters. The molecule has 0 spiro atoms. The van der Waals surface area contributed by atoms with Crippen LogP contribution in [0.3, 0.4) is 0 Å². The lowest BCUT2D eigenvalue weighted by Crippen LogP contribution is -2.35. The van der Waals surface area contributed by atoms with Gasteiger partial charge in [0.25, 0.3) is 17.7 Å². The minimum Gasteiger partial charge on any atom is -0.467 e. The number of imide groups is 1. The van der Waals surface area contributed by atoms with Crippen molar-refractivity contribution in [1.82, 2.24) is 9.80 Å². The summed E-state index contributed by atoms with van der Waals surface area (Å²) in [5.74, 6) is -0.0644. The predicted octanol–water partition coefficient (Wildman–Crippen LogP) is 4.09. The Morgan fingerprint density at radius 3 is 2.52 bits per heavy atom. The van der Waals surface area contributed by atoms with Crippen LogP contribution in [0, 0.1) is 0 Å². The highest BCUT2D eigenvalue weighted by molar-refractivity contribution is 6.22. The molecule has 6 nitrogen and oxygen atoms in total. The maximum atomic E-state index is 13.3. The first-order valence-electron chi connectivity index (χ1n) is 10.4. The van der Waals surface area contributed by atoms with E-state index in [2.05, 4.69) is 19.1 Å². The molecule has 1 aromatic heterocycles. The van der Waals surface area contributed by atoms with Gasteiger partial charge in [0.1, 0.15) is 5.76 Å². The van der Waals surface area contributed by atoms with Gasteiger partial charge < -0.3 is 9.32 Å². The van der Waals surface area contributed by atoms with Crippen LogP contribution in [-0.4, -0.2) is 40.1 Å². The van der Waals surface area contributed by atoms with Gasteiger partial charge in [0.2, 0.25) is 0 Å². The van der Waals surface area contributed by atoms with Crippen molar-refractivity contribution in [3.8, 4) is 0 Å². The van der Waals surface area contributed by atoms with E-state index in [-0.39, 0.29) is 35.9 Å². The summed E-state index contributed by atoms with van der Waals surface area (Å²) in [7, 11) is 0. The fourth-order valence-electron chi connectivity index (χ4n) is 4.66. The van der Waals surface area contributed by atoms with Gasteiger partial charge in [-0.05, 0) is 49.2 Å². The second-order valence-corrected chi connectivity index (χ2v) is 8.08. The summed E-state index contributed by atoms with van der Waals surface area (Å²) < 4.78 is 5.27. The number of hydrogen-bond donors (Lipinski definition) is 0. The van der Waals surface area contributed by atoms with Crippen molar-refractivity contribution in [3.63, 3.8) is 0 Å². The van der Waals surface area contributed by atoms with E-state index < -0.39 is 5.91 Å². The summed E-state index contributed by atoms with van der Waals surface area (Å²) in [6.45, 7) is 2.80. The van der Waals surface area contributed by atoms with E-state index in [4.69, 9.17) is 4.42 Å². The SMILES string of the molecule is C[C@@H]1[C@@H](c2ccccc2)CCN1C(=O)c1ccc2c(c1)C(=O)N(Cc1ccco1)C2=O. The molecule has 2 aromatic carbocycles. The topological polar surface area (TPSA) is 70.8 Å². The minimum atomic E-state index is -0.400. The predicted molar refractivity (Wildman–Crippen MR) is 114 cm³/mol. The average molecular weight is 414 g/mol. The summed E-state index contributed by atoms with van der Waals surface area (Å²) >= 11 is 0. The third-order valence-electron chi connectivity index (χ3n) is 6.36. The summed E-state index contributed by atoms with van der Waals surface area (Å²) in [6, 6.07) is 18.5. The number of amides is 3. The molecule has 31 heavy (non-hydrogen) atoms. The highest BCUT2D eigenvalue weighted by atomic mass is 16.3. The van der Waals surface area contributed by atoms with E-state index >= 15 is 0 Å². The van der Waals surface area contributed by atoms with Gasteiger partial charge in [-0.1, -0.05) is 30.3 Å². The molecule has 1 fully saturated rings. The number of furan rings is 1. The fraction of sp³-hybridized carbons (Fsp3) is 0.240. The molecule has 3 amide bonds. The second-order valence-electron chi connectivity index (χ2n) is 8.08. The molecule has 0 aliphatic carbocycles. The van der Waals surface area contributed by atoms with Gasteiger partial charge in [-0.15, -0.1) is 0 Å². The molecule has 0 bridgehead atoms. The molecule has 0 N–H and O–H groups in total. The maximum absolute atomic E-state index is 13.3. The molecule has 2 aliphatic rings. The Kier molecular flexibility index (Phi) is 4.70. The Morgan fingerprint density at radius 2 is 1.77 bits per heavy atom. The van der Waals surface area contributed by atoms with E-state index in [0.29, 0.717) is 23.4 Å². The van der Waals surface area contributed by atoms with Gasteiger partial charge in [0, 0.05) is 24.1 Å². The Hall–Kier alpha value is -3.67. The van der Waals surface area contributed by atoms with Crippen LogP contribution < -0.4 is 0 Å². The zero-order valence-corrected chi connectivity index (χ0v) is 17.2. The number of nitrogens with zero attached hydrogens (tertiary/aromatic N) is 2. The first-order chi connectivity index (χ1) is 15.0. The average Bonchev–Trinajstić information content (AvgIpc) is 3.50. The monoisotopic (exact) mass is 414 g/mol. The number of likely N-dealkylation sites (tertiary alicyclic amines) is 1. The Morgan fingerprint density at radius 1 is 1.00 bits per heavy atom. The molecule has 0 saturated carbocycles. The van der Waals surface area contributed by atoms with Gasteiger partial charge in [0.15, 0.2) is 0 Å². The van der Waals surface area contributed by atoms with Gasteiger partial charge in [0.05, 0.1) is 23.9 Å². The second kappa shape index (κ2) is 7.54. The lowest BCUT2D eigenvalue weighted by Gasteiger charge is -2.25. The van der Waals surface area contributed by atoms with E-state index in [1.165, 1.54) is 11.8 Å². The van der Waals surface area contributed by atoms with Gasteiger partial charge in [-0.2, -0.15) is 0 Å². The van der Waals surface area contributed by atoms with Crippen molar-refractivity contribution >= 4 is 17.7 Å². The Labute approximate surface area is 180 Å². The fourth-order valence-corrected chi connectivity index (χ4v) is 4.66. The minimum absolute atomic E-state index is 0.0518. The molecule has 2 aliphatic heterocycles. The lowest BCUT2D eigenvalue weighted by atomic mass is 9.93. The van der Waals surface area contributed by atoms with Crippen molar-refractivity contribution in [2.45, 2.75) is 31.8 Å². The van der Waals surface area contributed by atoms with E-state index in [9.17, 15) is 14.4 Å². The van der Waals surface area contributed by atoms with Crippen LogP contribution in [0.25, 0.3) is 0 Å².